The van der Waals surface area contributed by atoms with Crippen molar-refractivity contribution >= 4 is 16.0 Å². The lowest BCUT2D eigenvalue weighted by atomic mass is 10.1. The van der Waals surface area contributed by atoms with E-state index < -0.39 is 16.0 Å². The molecule has 0 atom stereocenters. The van der Waals surface area contributed by atoms with Gasteiger partial charge in [-0.05, 0) is 37.6 Å². The SMILES string of the molecule is CCOc1ccccc1COC(=O)c1cc(S(=O)(=O)N2CCOCC2)ccc1C. The van der Waals surface area contributed by atoms with Gasteiger partial charge in [-0.2, -0.15) is 4.31 Å². The molecule has 1 saturated heterocycles. The van der Waals surface area contributed by atoms with E-state index in [2.05, 4.69) is 0 Å². The summed E-state index contributed by atoms with van der Waals surface area (Å²) in [6.07, 6.45) is 0. The van der Waals surface area contributed by atoms with E-state index in [1.54, 1.807) is 13.0 Å². The molecule has 3 rings (SSSR count). The summed E-state index contributed by atoms with van der Waals surface area (Å²) in [6.45, 7) is 5.48. The lowest BCUT2D eigenvalue weighted by Gasteiger charge is -2.26. The van der Waals surface area contributed by atoms with Gasteiger partial charge >= 0.3 is 5.97 Å². The predicted molar refractivity (Wildman–Crippen MR) is 107 cm³/mol. The molecule has 1 aliphatic rings. The van der Waals surface area contributed by atoms with E-state index in [9.17, 15) is 13.2 Å². The van der Waals surface area contributed by atoms with Crippen LogP contribution in [0, 0.1) is 6.92 Å². The van der Waals surface area contributed by atoms with Gasteiger partial charge in [-0.25, -0.2) is 13.2 Å². The van der Waals surface area contributed by atoms with E-state index in [0.717, 1.165) is 5.56 Å². The fraction of sp³-hybridized carbons (Fsp3) is 0.381. The zero-order valence-corrected chi connectivity index (χ0v) is 17.4. The molecular weight excluding hydrogens is 394 g/mol. The van der Waals surface area contributed by atoms with Crippen molar-refractivity contribution in [2.45, 2.75) is 25.3 Å². The molecule has 0 N–H and O–H groups in total. The third-order valence-corrected chi connectivity index (χ3v) is 6.56. The Kier molecular flexibility index (Phi) is 6.89. The van der Waals surface area contributed by atoms with Gasteiger partial charge in [-0.1, -0.05) is 24.3 Å². The molecule has 0 bridgehead atoms. The summed E-state index contributed by atoms with van der Waals surface area (Å²) in [5.41, 5.74) is 1.62. The van der Waals surface area contributed by atoms with Gasteiger partial charge in [0.2, 0.25) is 10.0 Å². The molecule has 7 nitrogen and oxygen atoms in total. The molecule has 2 aromatic rings. The minimum Gasteiger partial charge on any atom is -0.493 e. The van der Waals surface area contributed by atoms with Crippen molar-refractivity contribution < 1.29 is 27.4 Å². The number of hydrogen-bond acceptors (Lipinski definition) is 6. The first-order valence-electron chi connectivity index (χ1n) is 9.50. The standard InChI is InChI=1S/C21H25NO6S/c1-3-27-20-7-5-4-6-17(20)15-28-21(23)19-14-18(9-8-16(19)2)29(24,25)22-10-12-26-13-11-22/h4-9,14H,3,10-13,15H2,1-2H3. The van der Waals surface area contributed by atoms with Gasteiger partial charge < -0.3 is 14.2 Å². The highest BCUT2D eigenvalue weighted by molar-refractivity contribution is 7.89. The quantitative estimate of drug-likeness (QED) is 0.642. The summed E-state index contributed by atoms with van der Waals surface area (Å²) < 4.78 is 43.3. The van der Waals surface area contributed by atoms with Gasteiger partial charge in [-0.3, -0.25) is 0 Å². The molecule has 2 aromatic carbocycles. The average molecular weight is 419 g/mol. The van der Waals surface area contributed by atoms with Gasteiger partial charge in [-0.15, -0.1) is 0 Å². The van der Waals surface area contributed by atoms with Crippen molar-refractivity contribution in [2.24, 2.45) is 0 Å². The molecule has 1 fully saturated rings. The fourth-order valence-electron chi connectivity index (χ4n) is 3.06. The monoisotopic (exact) mass is 419 g/mol. The van der Waals surface area contributed by atoms with Crippen LogP contribution in [0.25, 0.3) is 0 Å². The number of sulfonamides is 1. The molecule has 0 unspecified atom stereocenters. The lowest BCUT2D eigenvalue weighted by molar-refractivity contribution is 0.0468. The summed E-state index contributed by atoms with van der Waals surface area (Å²) in [4.78, 5) is 12.7. The average Bonchev–Trinajstić information content (AvgIpc) is 2.74. The summed E-state index contributed by atoms with van der Waals surface area (Å²) in [5.74, 6) is 0.0796. The van der Waals surface area contributed by atoms with Crippen LogP contribution in [0.4, 0.5) is 0 Å². The van der Waals surface area contributed by atoms with Crippen LogP contribution in [0.5, 0.6) is 5.75 Å². The normalized spacial score (nSPS) is 15.1. The van der Waals surface area contributed by atoms with Crippen molar-refractivity contribution in [1.82, 2.24) is 4.31 Å². The van der Waals surface area contributed by atoms with E-state index in [1.807, 2.05) is 31.2 Å². The number of carbonyl (C=O) groups excluding carboxylic acids is 1. The van der Waals surface area contributed by atoms with Crippen LogP contribution in [0.3, 0.4) is 0 Å². The molecule has 0 amide bonds. The summed E-state index contributed by atoms with van der Waals surface area (Å²) in [5, 5.41) is 0. The van der Waals surface area contributed by atoms with Crippen molar-refractivity contribution in [2.75, 3.05) is 32.9 Å². The zero-order valence-electron chi connectivity index (χ0n) is 16.6. The van der Waals surface area contributed by atoms with Crippen LogP contribution in [0.1, 0.15) is 28.4 Å². The van der Waals surface area contributed by atoms with Crippen molar-refractivity contribution in [3.8, 4) is 5.75 Å². The fourth-order valence-corrected chi connectivity index (χ4v) is 4.49. The maximum Gasteiger partial charge on any atom is 0.338 e. The maximum absolute atomic E-state index is 12.9. The minimum atomic E-state index is -3.69. The topological polar surface area (TPSA) is 82.1 Å². The summed E-state index contributed by atoms with van der Waals surface area (Å²) in [6, 6.07) is 11.8. The first-order valence-corrected chi connectivity index (χ1v) is 10.9. The van der Waals surface area contributed by atoms with Crippen LogP contribution in [0.2, 0.25) is 0 Å². The van der Waals surface area contributed by atoms with Gasteiger partial charge in [0, 0.05) is 18.7 Å². The Bertz CT molecular complexity index is 967. The second-order valence-corrected chi connectivity index (χ2v) is 8.55. The molecule has 1 aliphatic heterocycles. The van der Waals surface area contributed by atoms with E-state index in [0.29, 0.717) is 44.2 Å². The number of para-hydroxylation sites is 1. The number of aryl methyl sites for hydroxylation is 1. The molecule has 0 aromatic heterocycles. The molecule has 1 heterocycles. The molecule has 0 saturated carbocycles. The Morgan fingerprint density at radius 3 is 2.59 bits per heavy atom. The highest BCUT2D eigenvalue weighted by Gasteiger charge is 2.27. The van der Waals surface area contributed by atoms with Crippen molar-refractivity contribution in [1.29, 1.82) is 0 Å². The number of nitrogens with zero attached hydrogens (tertiary/aromatic N) is 1. The molecule has 156 valence electrons. The van der Waals surface area contributed by atoms with E-state index in [1.165, 1.54) is 16.4 Å². The highest BCUT2D eigenvalue weighted by Crippen LogP contribution is 2.23. The smallest absolute Gasteiger partial charge is 0.338 e. The van der Waals surface area contributed by atoms with Gasteiger partial charge in [0.05, 0.1) is 30.3 Å². The van der Waals surface area contributed by atoms with E-state index in [4.69, 9.17) is 14.2 Å². The van der Waals surface area contributed by atoms with Gasteiger partial charge in [0.25, 0.3) is 0 Å². The minimum absolute atomic E-state index is 0.0366. The molecule has 0 aliphatic carbocycles. The van der Waals surface area contributed by atoms with Crippen LogP contribution in [-0.4, -0.2) is 51.6 Å². The number of ether oxygens (including phenoxy) is 3. The third kappa shape index (κ3) is 4.95. The first kappa shape index (κ1) is 21.3. The van der Waals surface area contributed by atoms with Crippen molar-refractivity contribution in [3.63, 3.8) is 0 Å². The number of carbonyl (C=O) groups is 1. The largest absolute Gasteiger partial charge is 0.493 e. The highest BCUT2D eigenvalue weighted by atomic mass is 32.2. The van der Waals surface area contributed by atoms with Crippen LogP contribution < -0.4 is 4.74 Å². The number of benzene rings is 2. The third-order valence-electron chi connectivity index (χ3n) is 4.67. The van der Waals surface area contributed by atoms with Crippen molar-refractivity contribution in [3.05, 3.63) is 59.2 Å². The Hall–Kier alpha value is -2.42. The lowest BCUT2D eigenvalue weighted by Crippen LogP contribution is -2.40. The first-order chi connectivity index (χ1) is 13.9. The van der Waals surface area contributed by atoms with Crippen LogP contribution in [0.15, 0.2) is 47.4 Å². The Labute approximate surface area is 171 Å². The summed E-state index contributed by atoms with van der Waals surface area (Å²) in [7, 11) is -3.69. The number of esters is 1. The number of rotatable bonds is 7. The Morgan fingerprint density at radius 1 is 1.14 bits per heavy atom. The Morgan fingerprint density at radius 2 is 1.86 bits per heavy atom. The molecule has 29 heavy (non-hydrogen) atoms. The molecule has 0 radical (unpaired) electrons. The van der Waals surface area contributed by atoms with Crippen LogP contribution in [-0.2, 0) is 26.1 Å². The van der Waals surface area contributed by atoms with Crippen LogP contribution >= 0.6 is 0 Å². The molecule has 8 heteroatoms. The Balaban J connectivity index is 1.78. The molecule has 0 spiro atoms. The summed E-state index contributed by atoms with van der Waals surface area (Å²) >= 11 is 0. The molecular formula is C21H25NO6S. The maximum atomic E-state index is 12.9. The number of hydrogen-bond donors (Lipinski definition) is 0. The van der Waals surface area contributed by atoms with Gasteiger partial charge in [0.15, 0.2) is 0 Å². The predicted octanol–water partition coefficient (Wildman–Crippen LogP) is 2.77. The number of morpholine rings is 1. The van der Waals surface area contributed by atoms with E-state index >= 15 is 0 Å². The van der Waals surface area contributed by atoms with Gasteiger partial charge in [0.1, 0.15) is 12.4 Å². The second kappa shape index (κ2) is 9.39. The van der Waals surface area contributed by atoms with E-state index in [-0.39, 0.29) is 17.1 Å². The second-order valence-electron chi connectivity index (χ2n) is 6.61. The zero-order chi connectivity index (χ0) is 20.9.